The maximum Gasteiger partial charge on any atom is 0.335 e. The van der Waals surface area contributed by atoms with Crippen LogP contribution >= 0.6 is 0 Å². The van der Waals surface area contributed by atoms with Gasteiger partial charge in [0.25, 0.3) is 0 Å². The normalized spacial score (nSPS) is 15.9. The first-order valence-electron chi connectivity index (χ1n) is 7.54. The summed E-state index contributed by atoms with van der Waals surface area (Å²) in [5.41, 5.74) is 6.13. The van der Waals surface area contributed by atoms with Crippen molar-refractivity contribution in [3.63, 3.8) is 0 Å². The first-order valence-corrected chi connectivity index (χ1v) is 7.54. The number of carboxylic acid groups (broad SMARTS) is 1. The van der Waals surface area contributed by atoms with Crippen molar-refractivity contribution in [2.75, 3.05) is 0 Å². The molecule has 0 atom stereocenters. The summed E-state index contributed by atoms with van der Waals surface area (Å²) in [4.78, 5) is 11.3. The molecule has 1 aliphatic carbocycles. The first kappa shape index (κ1) is 14.6. The zero-order valence-corrected chi connectivity index (χ0v) is 13.2. The second-order valence-electron chi connectivity index (χ2n) is 6.64. The Morgan fingerprint density at radius 2 is 1.77 bits per heavy atom. The lowest BCUT2D eigenvalue weighted by atomic mass is 9.72. The molecule has 0 radical (unpaired) electrons. The van der Waals surface area contributed by atoms with Crippen molar-refractivity contribution < 1.29 is 9.90 Å². The number of carbonyl (C=O) groups is 1. The van der Waals surface area contributed by atoms with E-state index >= 15 is 0 Å². The van der Waals surface area contributed by atoms with Gasteiger partial charge in [0.2, 0.25) is 0 Å². The maximum absolute atomic E-state index is 11.3. The predicted molar refractivity (Wildman–Crippen MR) is 89.3 cm³/mol. The second kappa shape index (κ2) is 5.13. The summed E-state index contributed by atoms with van der Waals surface area (Å²) >= 11 is 0. The fourth-order valence-electron chi connectivity index (χ4n) is 3.07. The molecule has 2 nitrogen and oxygen atoms in total. The largest absolute Gasteiger partial charge is 0.478 e. The summed E-state index contributed by atoms with van der Waals surface area (Å²) in [6.45, 7) is 6.47. The standard InChI is InChI=1S/C20H20O2/c1-13-4-6-14(7-5-13)16-10-11-20(2,3)18-9-8-15(19(21)22)12-17(16)18/h4-10,12H,11H2,1-3H3,(H,21,22). The van der Waals surface area contributed by atoms with Crippen molar-refractivity contribution in [3.8, 4) is 0 Å². The molecule has 1 N–H and O–H groups in total. The monoisotopic (exact) mass is 292 g/mol. The van der Waals surface area contributed by atoms with Gasteiger partial charge in [0, 0.05) is 0 Å². The van der Waals surface area contributed by atoms with Gasteiger partial charge in [-0.15, -0.1) is 0 Å². The Morgan fingerprint density at radius 1 is 1.09 bits per heavy atom. The van der Waals surface area contributed by atoms with Gasteiger partial charge in [-0.2, -0.15) is 0 Å². The Morgan fingerprint density at radius 3 is 2.41 bits per heavy atom. The van der Waals surface area contributed by atoms with Crippen LogP contribution in [0.4, 0.5) is 0 Å². The van der Waals surface area contributed by atoms with E-state index in [0.29, 0.717) is 5.56 Å². The highest BCUT2D eigenvalue weighted by Crippen LogP contribution is 2.41. The van der Waals surface area contributed by atoms with Crippen LogP contribution in [0.2, 0.25) is 0 Å². The quantitative estimate of drug-likeness (QED) is 0.862. The van der Waals surface area contributed by atoms with Crippen molar-refractivity contribution in [2.24, 2.45) is 0 Å². The zero-order valence-electron chi connectivity index (χ0n) is 13.2. The van der Waals surface area contributed by atoms with E-state index in [9.17, 15) is 9.90 Å². The van der Waals surface area contributed by atoms with Crippen LogP contribution in [-0.4, -0.2) is 11.1 Å². The molecule has 0 amide bonds. The number of rotatable bonds is 2. The Balaban J connectivity index is 2.19. The number of fused-ring (bicyclic) bond motifs is 1. The Hall–Kier alpha value is -2.35. The summed E-state index contributed by atoms with van der Waals surface area (Å²) in [6.07, 6.45) is 3.19. The molecule has 0 bridgehead atoms. The van der Waals surface area contributed by atoms with E-state index < -0.39 is 5.97 Å². The van der Waals surface area contributed by atoms with E-state index in [-0.39, 0.29) is 5.41 Å². The van der Waals surface area contributed by atoms with Crippen LogP contribution in [0.25, 0.3) is 5.57 Å². The van der Waals surface area contributed by atoms with Gasteiger partial charge in [-0.25, -0.2) is 4.79 Å². The lowest BCUT2D eigenvalue weighted by molar-refractivity contribution is 0.0697. The Bertz CT molecular complexity index is 765. The average molecular weight is 292 g/mol. The highest BCUT2D eigenvalue weighted by molar-refractivity contribution is 5.91. The summed E-state index contributed by atoms with van der Waals surface area (Å²) in [5.74, 6) is -0.880. The number of benzene rings is 2. The van der Waals surface area contributed by atoms with Crippen LogP contribution in [0, 0.1) is 6.92 Å². The van der Waals surface area contributed by atoms with Gasteiger partial charge in [0.1, 0.15) is 0 Å². The molecule has 0 aliphatic heterocycles. The van der Waals surface area contributed by atoms with Gasteiger partial charge in [-0.1, -0.05) is 55.8 Å². The fraction of sp³-hybridized carbons (Fsp3) is 0.250. The molecule has 2 aromatic carbocycles. The van der Waals surface area contributed by atoms with Crippen molar-refractivity contribution in [3.05, 3.63) is 76.4 Å². The third kappa shape index (κ3) is 2.45. The van der Waals surface area contributed by atoms with Crippen molar-refractivity contribution in [1.29, 1.82) is 0 Å². The molecule has 22 heavy (non-hydrogen) atoms. The maximum atomic E-state index is 11.3. The highest BCUT2D eigenvalue weighted by atomic mass is 16.4. The predicted octanol–water partition coefficient (Wildman–Crippen LogP) is 4.81. The van der Waals surface area contributed by atoms with E-state index in [2.05, 4.69) is 51.1 Å². The van der Waals surface area contributed by atoms with E-state index in [1.807, 2.05) is 12.1 Å². The summed E-state index contributed by atoms with van der Waals surface area (Å²) in [5, 5.41) is 9.29. The molecule has 0 unspecified atom stereocenters. The number of allylic oxidation sites excluding steroid dienone is 1. The fourth-order valence-corrected chi connectivity index (χ4v) is 3.07. The van der Waals surface area contributed by atoms with Crippen LogP contribution in [0.5, 0.6) is 0 Å². The van der Waals surface area contributed by atoms with Crippen LogP contribution in [-0.2, 0) is 5.41 Å². The number of hydrogen-bond donors (Lipinski definition) is 1. The lowest BCUT2D eigenvalue weighted by Crippen LogP contribution is -2.22. The molecule has 112 valence electrons. The molecular formula is C20H20O2. The zero-order chi connectivity index (χ0) is 15.9. The number of aromatic carboxylic acids is 1. The molecule has 0 fully saturated rings. The van der Waals surface area contributed by atoms with Gasteiger partial charge >= 0.3 is 5.97 Å². The number of hydrogen-bond acceptors (Lipinski definition) is 1. The van der Waals surface area contributed by atoms with Crippen molar-refractivity contribution >= 4 is 11.5 Å². The average Bonchev–Trinajstić information content (AvgIpc) is 2.48. The van der Waals surface area contributed by atoms with Gasteiger partial charge < -0.3 is 5.11 Å². The molecule has 0 saturated carbocycles. The third-order valence-corrected chi connectivity index (χ3v) is 4.46. The molecule has 2 aromatic rings. The van der Waals surface area contributed by atoms with Crippen molar-refractivity contribution in [1.82, 2.24) is 0 Å². The molecule has 0 spiro atoms. The van der Waals surface area contributed by atoms with Gasteiger partial charge in [-0.05, 0) is 53.2 Å². The van der Waals surface area contributed by atoms with E-state index in [4.69, 9.17) is 0 Å². The minimum absolute atomic E-state index is 0.0283. The second-order valence-corrected chi connectivity index (χ2v) is 6.64. The molecule has 1 aliphatic rings. The van der Waals surface area contributed by atoms with Crippen molar-refractivity contribution in [2.45, 2.75) is 32.6 Å². The molecule has 0 aromatic heterocycles. The minimum Gasteiger partial charge on any atom is -0.478 e. The van der Waals surface area contributed by atoms with Crippen LogP contribution in [0.15, 0.2) is 48.5 Å². The Labute approximate surface area is 131 Å². The van der Waals surface area contributed by atoms with E-state index in [1.165, 1.54) is 11.1 Å². The topological polar surface area (TPSA) is 37.3 Å². The smallest absolute Gasteiger partial charge is 0.335 e. The Kier molecular flexibility index (Phi) is 3.40. The van der Waals surface area contributed by atoms with Gasteiger partial charge in [-0.3, -0.25) is 0 Å². The molecule has 0 heterocycles. The highest BCUT2D eigenvalue weighted by Gasteiger charge is 2.29. The lowest BCUT2D eigenvalue weighted by Gasteiger charge is -2.32. The number of carboxylic acids is 1. The third-order valence-electron chi connectivity index (χ3n) is 4.46. The molecule has 0 saturated heterocycles. The van der Waals surface area contributed by atoms with E-state index in [0.717, 1.165) is 23.1 Å². The SMILES string of the molecule is Cc1ccc(C2=CCC(C)(C)c3ccc(C(=O)O)cc32)cc1. The molecular weight excluding hydrogens is 272 g/mol. The summed E-state index contributed by atoms with van der Waals surface area (Å²) in [7, 11) is 0. The minimum atomic E-state index is -0.880. The summed E-state index contributed by atoms with van der Waals surface area (Å²) in [6, 6.07) is 13.9. The summed E-state index contributed by atoms with van der Waals surface area (Å²) < 4.78 is 0. The molecule has 2 heteroatoms. The van der Waals surface area contributed by atoms with E-state index in [1.54, 1.807) is 6.07 Å². The van der Waals surface area contributed by atoms with Crippen LogP contribution in [0.1, 0.15) is 52.9 Å². The van der Waals surface area contributed by atoms with Gasteiger partial charge in [0.05, 0.1) is 5.56 Å². The van der Waals surface area contributed by atoms with Crippen LogP contribution in [0.3, 0.4) is 0 Å². The van der Waals surface area contributed by atoms with Gasteiger partial charge in [0.15, 0.2) is 0 Å². The molecule has 3 rings (SSSR count). The number of aryl methyl sites for hydroxylation is 1. The van der Waals surface area contributed by atoms with Crippen LogP contribution < -0.4 is 0 Å². The first-order chi connectivity index (χ1) is 10.4.